The number of carbonyl (C=O) groups is 2. The van der Waals surface area contributed by atoms with Crippen molar-refractivity contribution >= 4 is 28.8 Å². The first-order valence-electron chi connectivity index (χ1n) is 11.2. The minimum Gasteiger partial charge on any atom is -0.350 e. The zero-order valence-electron chi connectivity index (χ0n) is 19.4. The molecule has 1 heterocycles. The molecule has 0 spiro atoms. The number of hydrogen-bond acceptors (Lipinski definition) is 5. The summed E-state index contributed by atoms with van der Waals surface area (Å²) in [6, 6.07) is 16.2. The molecule has 0 aliphatic carbocycles. The van der Waals surface area contributed by atoms with Gasteiger partial charge in [-0.2, -0.15) is 0 Å². The molecule has 0 aliphatic heterocycles. The quantitative estimate of drug-likeness (QED) is 0.388. The number of nitrogens with zero attached hydrogens (tertiary/aromatic N) is 2. The second-order valence-electron chi connectivity index (χ2n) is 7.99. The Bertz CT molecular complexity index is 1170. The number of rotatable bonds is 10. The molecule has 8 heteroatoms. The first-order chi connectivity index (χ1) is 16.4. The third-order valence-electron chi connectivity index (χ3n) is 5.39. The summed E-state index contributed by atoms with van der Waals surface area (Å²) >= 11 is 1.47. The van der Waals surface area contributed by atoms with Gasteiger partial charge in [0.15, 0.2) is 5.69 Å². The van der Waals surface area contributed by atoms with E-state index in [1.54, 1.807) is 13.0 Å². The summed E-state index contributed by atoms with van der Waals surface area (Å²) in [5.41, 5.74) is 9.31. The molecule has 0 aliphatic rings. The smallest absolute Gasteiger partial charge is 0.243 e. The normalized spacial score (nSPS) is 12.4. The van der Waals surface area contributed by atoms with Gasteiger partial charge in [-0.15, -0.1) is 11.3 Å². The van der Waals surface area contributed by atoms with Gasteiger partial charge in [0, 0.05) is 25.4 Å². The summed E-state index contributed by atoms with van der Waals surface area (Å²) in [5, 5.41) is 6.57. The predicted molar refractivity (Wildman–Crippen MR) is 136 cm³/mol. The minimum absolute atomic E-state index is 0.203. The number of thiazole rings is 1. The summed E-state index contributed by atoms with van der Waals surface area (Å²) in [4.78, 5) is 34.4. The molecule has 0 unspecified atom stereocenters. The molecule has 2 aromatic carbocycles. The standard InChI is InChI=1S/C26H29N5O2S/c1-4-23(32)31-22(26(33)30-21(16-27)13-18-9-6-5-7-10-18)15-24-29-17(2)25(34-24)19-11-8-12-20(14-19)28-3/h5-12,14,21-22H,4,13,15-16,27H2,1-2H3,(H,30,33)(H,31,32)/t21-,22-/m0/s1. The van der Waals surface area contributed by atoms with Gasteiger partial charge in [-0.3, -0.25) is 9.59 Å². The number of nitrogens with one attached hydrogen (secondary N) is 2. The van der Waals surface area contributed by atoms with E-state index in [4.69, 9.17) is 12.3 Å². The Morgan fingerprint density at radius 1 is 1.12 bits per heavy atom. The predicted octanol–water partition coefficient (Wildman–Crippen LogP) is 3.79. The van der Waals surface area contributed by atoms with Crippen molar-refractivity contribution in [1.29, 1.82) is 0 Å². The lowest BCUT2D eigenvalue weighted by atomic mass is 10.1. The van der Waals surface area contributed by atoms with Crippen molar-refractivity contribution in [2.75, 3.05) is 6.54 Å². The lowest BCUT2D eigenvalue weighted by Crippen LogP contribution is -2.52. The van der Waals surface area contributed by atoms with E-state index in [2.05, 4.69) is 20.5 Å². The molecule has 3 aromatic rings. The number of nitrogens with two attached hydrogens (primary N) is 1. The van der Waals surface area contributed by atoms with Gasteiger partial charge in [-0.1, -0.05) is 55.5 Å². The Morgan fingerprint density at radius 2 is 1.88 bits per heavy atom. The number of hydrogen-bond donors (Lipinski definition) is 3. The molecule has 0 fully saturated rings. The minimum atomic E-state index is -0.759. The largest absolute Gasteiger partial charge is 0.350 e. The van der Waals surface area contributed by atoms with Crippen LogP contribution in [-0.4, -0.2) is 35.4 Å². The van der Waals surface area contributed by atoms with E-state index in [1.807, 2.05) is 55.5 Å². The number of carbonyl (C=O) groups excluding carboxylic acids is 2. The van der Waals surface area contributed by atoms with Crippen molar-refractivity contribution < 1.29 is 9.59 Å². The number of amides is 2. The molecule has 0 bridgehead atoms. The zero-order valence-corrected chi connectivity index (χ0v) is 20.2. The van der Waals surface area contributed by atoms with Crippen molar-refractivity contribution in [3.63, 3.8) is 0 Å². The molecule has 3 rings (SSSR count). The highest BCUT2D eigenvalue weighted by Crippen LogP contribution is 2.32. The van der Waals surface area contributed by atoms with Crippen LogP contribution in [0.15, 0.2) is 54.6 Å². The van der Waals surface area contributed by atoms with Crippen molar-refractivity contribution in [1.82, 2.24) is 15.6 Å². The van der Waals surface area contributed by atoms with Crippen LogP contribution in [0.4, 0.5) is 5.69 Å². The fourth-order valence-corrected chi connectivity index (χ4v) is 4.70. The average molecular weight is 476 g/mol. The van der Waals surface area contributed by atoms with E-state index >= 15 is 0 Å². The Balaban J connectivity index is 1.77. The van der Waals surface area contributed by atoms with Gasteiger partial charge in [0.05, 0.1) is 22.2 Å². The summed E-state index contributed by atoms with van der Waals surface area (Å²) < 4.78 is 0. The van der Waals surface area contributed by atoms with Gasteiger partial charge in [0.1, 0.15) is 6.04 Å². The van der Waals surface area contributed by atoms with Crippen LogP contribution in [0.1, 0.15) is 29.6 Å². The fraction of sp³-hybridized carbons (Fsp3) is 0.308. The van der Waals surface area contributed by atoms with Crippen LogP contribution in [0.2, 0.25) is 0 Å². The lowest BCUT2D eigenvalue weighted by Gasteiger charge is -2.22. The van der Waals surface area contributed by atoms with E-state index in [9.17, 15) is 9.59 Å². The van der Waals surface area contributed by atoms with Crippen LogP contribution in [0, 0.1) is 13.5 Å². The van der Waals surface area contributed by atoms with Gasteiger partial charge in [0.25, 0.3) is 0 Å². The average Bonchev–Trinajstić information content (AvgIpc) is 3.23. The maximum Gasteiger partial charge on any atom is 0.243 e. The number of aryl methyl sites for hydroxylation is 1. The van der Waals surface area contributed by atoms with Gasteiger partial charge in [0.2, 0.25) is 11.8 Å². The molecule has 1 aromatic heterocycles. The molecule has 0 radical (unpaired) electrons. The van der Waals surface area contributed by atoms with Crippen molar-refractivity contribution in [3.8, 4) is 10.4 Å². The van der Waals surface area contributed by atoms with E-state index in [-0.39, 0.29) is 37.2 Å². The van der Waals surface area contributed by atoms with E-state index in [1.165, 1.54) is 11.3 Å². The van der Waals surface area contributed by atoms with E-state index < -0.39 is 6.04 Å². The number of aromatic nitrogens is 1. The lowest BCUT2D eigenvalue weighted by molar-refractivity contribution is -0.129. The Hall–Kier alpha value is -3.54. The molecular formula is C26H29N5O2S. The molecule has 176 valence electrons. The molecule has 2 amide bonds. The second-order valence-corrected chi connectivity index (χ2v) is 9.08. The molecule has 7 nitrogen and oxygen atoms in total. The Labute approximate surface area is 204 Å². The van der Waals surface area contributed by atoms with Crippen LogP contribution in [-0.2, 0) is 22.4 Å². The number of benzene rings is 2. The highest BCUT2D eigenvalue weighted by Gasteiger charge is 2.25. The Kier molecular flexibility index (Phi) is 8.91. The van der Waals surface area contributed by atoms with E-state index in [0.717, 1.165) is 26.7 Å². The Morgan fingerprint density at radius 3 is 2.56 bits per heavy atom. The first-order valence-corrected chi connectivity index (χ1v) is 12.0. The third-order valence-corrected chi connectivity index (χ3v) is 6.61. The molecular weight excluding hydrogens is 446 g/mol. The molecule has 34 heavy (non-hydrogen) atoms. The van der Waals surface area contributed by atoms with Crippen LogP contribution in [0.25, 0.3) is 15.3 Å². The second kappa shape index (κ2) is 12.1. The van der Waals surface area contributed by atoms with E-state index in [0.29, 0.717) is 12.1 Å². The molecule has 0 saturated heterocycles. The van der Waals surface area contributed by atoms with Crippen molar-refractivity contribution in [3.05, 3.63) is 82.3 Å². The van der Waals surface area contributed by atoms with Gasteiger partial charge in [-0.05, 0) is 30.5 Å². The molecule has 2 atom stereocenters. The maximum atomic E-state index is 13.2. The van der Waals surface area contributed by atoms with Crippen LogP contribution in [0.3, 0.4) is 0 Å². The first kappa shape index (κ1) is 25.1. The van der Waals surface area contributed by atoms with Crippen LogP contribution >= 0.6 is 11.3 Å². The third kappa shape index (κ3) is 6.73. The highest BCUT2D eigenvalue weighted by molar-refractivity contribution is 7.15. The van der Waals surface area contributed by atoms with Crippen molar-refractivity contribution in [2.24, 2.45) is 5.73 Å². The van der Waals surface area contributed by atoms with Crippen molar-refractivity contribution in [2.45, 2.75) is 45.2 Å². The SMILES string of the molecule is [C-]#[N+]c1cccc(-c2sc(C[C@H](NC(=O)CC)C(=O)N[C@H](CN)Cc3ccccc3)nc2C)c1. The highest BCUT2D eigenvalue weighted by atomic mass is 32.1. The van der Waals surface area contributed by atoms with Gasteiger partial charge in [-0.25, -0.2) is 9.83 Å². The van der Waals surface area contributed by atoms with Crippen LogP contribution in [0.5, 0.6) is 0 Å². The maximum absolute atomic E-state index is 13.2. The van der Waals surface area contributed by atoms with Gasteiger partial charge < -0.3 is 16.4 Å². The summed E-state index contributed by atoms with van der Waals surface area (Å²) in [6.07, 6.45) is 1.16. The monoisotopic (exact) mass is 475 g/mol. The summed E-state index contributed by atoms with van der Waals surface area (Å²) in [7, 11) is 0. The summed E-state index contributed by atoms with van der Waals surface area (Å²) in [6.45, 7) is 11.2. The molecule has 0 saturated carbocycles. The topological polar surface area (TPSA) is 101 Å². The van der Waals surface area contributed by atoms with Gasteiger partial charge >= 0.3 is 0 Å². The summed E-state index contributed by atoms with van der Waals surface area (Å²) in [5.74, 6) is -0.483. The zero-order chi connectivity index (χ0) is 24.5. The molecule has 4 N–H and O–H groups in total. The van der Waals surface area contributed by atoms with Crippen LogP contribution < -0.4 is 16.4 Å². The fourth-order valence-electron chi connectivity index (χ4n) is 3.60.